The molecule has 0 amide bonds. The molecule has 0 aliphatic rings. The fourth-order valence-corrected chi connectivity index (χ4v) is 1.78. The molecule has 0 radical (unpaired) electrons. The second-order valence-corrected chi connectivity index (χ2v) is 4.09. The summed E-state index contributed by atoms with van der Waals surface area (Å²) < 4.78 is 0. The number of hydrogen-bond donors (Lipinski definition) is 1. The van der Waals surface area contributed by atoms with Crippen LogP contribution in [0.25, 0.3) is 0 Å². The molecule has 0 fully saturated rings. The zero-order chi connectivity index (χ0) is 11.4. The van der Waals surface area contributed by atoms with Crippen LogP contribution >= 0.6 is 0 Å². The molecule has 0 aromatic carbocycles. The van der Waals surface area contributed by atoms with Crippen LogP contribution in [0.1, 0.15) is 65.7 Å². The van der Waals surface area contributed by atoms with Gasteiger partial charge in [0.05, 0.1) is 0 Å². The largest absolute Gasteiger partial charge is 0.313 e. The predicted octanol–water partition coefficient (Wildman–Crippen LogP) is 3.74. The summed E-state index contributed by atoms with van der Waals surface area (Å²) in [6, 6.07) is 0.615. The van der Waals surface area contributed by atoms with E-state index in [1.807, 2.05) is 6.92 Å². The summed E-state index contributed by atoms with van der Waals surface area (Å²) in [4.78, 5) is 0. The quantitative estimate of drug-likeness (QED) is 0.450. The predicted molar refractivity (Wildman–Crippen MR) is 68.9 cm³/mol. The number of unbranched alkanes of at least 4 members (excludes halogenated alkanes) is 4. The lowest BCUT2D eigenvalue weighted by molar-refractivity contribution is 0.470. The van der Waals surface area contributed by atoms with E-state index < -0.39 is 0 Å². The fourth-order valence-electron chi connectivity index (χ4n) is 1.78. The second-order valence-electron chi connectivity index (χ2n) is 4.09. The van der Waals surface area contributed by atoms with Crippen molar-refractivity contribution >= 4 is 0 Å². The van der Waals surface area contributed by atoms with E-state index in [0.29, 0.717) is 6.04 Å². The van der Waals surface area contributed by atoms with Gasteiger partial charge in [0, 0.05) is 12.5 Å². The molecule has 1 nitrogen and oxygen atoms in total. The Bertz CT molecular complexity index is 176. The van der Waals surface area contributed by atoms with Crippen molar-refractivity contribution in [2.24, 2.45) is 0 Å². The van der Waals surface area contributed by atoms with Crippen LogP contribution in [0, 0.1) is 11.8 Å². The SMILES string of the molecule is CC#CCC(CCCCCCC)NCC. The van der Waals surface area contributed by atoms with Gasteiger partial charge in [-0.2, -0.15) is 0 Å². The van der Waals surface area contributed by atoms with Crippen molar-refractivity contribution in [3.05, 3.63) is 0 Å². The molecule has 0 spiro atoms. The van der Waals surface area contributed by atoms with Crippen LogP contribution in [0.3, 0.4) is 0 Å². The van der Waals surface area contributed by atoms with Gasteiger partial charge in [-0.3, -0.25) is 0 Å². The zero-order valence-corrected chi connectivity index (χ0v) is 10.7. The van der Waals surface area contributed by atoms with Crippen LogP contribution in [0.2, 0.25) is 0 Å². The van der Waals surface area contributed by atoms with E-state index in [-0.39, 0.29) is 0 Å². The molecule has 1 heteroatoms. The van der Waals surface area contributed by atoms with Crippen molar-refractivity contribution in [1.82, 2.24) is 5.32 Å². The van der Waals surface area contributed by atoms with Gasteiger partial charge in [0.2, 0.25) is 0 Å². The molecule has 88 valence electrons. The minimum atomic E-state index is 0.615. The molecule has 0 bridgehead atoms. The number of hydrogen-bond acceptors (Lipinski definition) is 1. The van der Waals surface area contributed by atoms with E-state index in [1.54, 1.807) is 0 Å². The first-order chi connectivity index (χ1) is 7.35. The fraction of sp³-hybridized carbons (Fsp3) is 0.857. The Kier molecular flexibility index (Phi) is 11.2. The van der Waals surface area contributed by atoms with Gasteiger partial charge < -0.3 is 5.32 Å². The average molecular weight is 209 g/mol. The summed E-state index contributed by atoms with van der Waals surface area (Å²) >= 11 is 0. The molecule has 0 aromatic heterocycles. The van der Waals surface area contributed by atoms with Crippen LogP contribution < -0.4 is 5.32 Å². The first-order valence-corrected chi connectivity index (χ1v) is 6.48. The Morgan fingerprint density at radius 1 is 1.07 bits per heavy atom. The Labute approximate surface area is 96.0 Å². The van der Waals surface area contributed by atoms with E-state index >= 15 is 0 Å². The van der Waals surface area contributed by atoms with Crippen LogP contribution in [-0.2, 0) is 0 Å². The summed E-state index contributed by atoms with van der Waals surface area (Å²) in [6.45, 7) is 7.41. The molecule has 15 heavy (non-hydrogen) atoms. The van der Waals surface area contributed by atoms with E-state index in [0.717, 1.165) is 13.0 Å². The van der Waals surface area contributed by atoms with Gasteiger partial charge in [0.25, 0.3) is 0 Å². The summed E-state index contributed by atoms with van der Waals surface area (Å²) in [5.74, 6) is 6.15. The van der Waals surface area contributed by atoms with Gasteiger partial charge in [-0.1, -0.05) is 46.0 Å². The first-order valence-electron chi connectivity index (χ1n) is 6.48. The molecule has 1 atom stereocenters. The normalized spacial score (nSPS) is 11.9. The average Bonchev–Trinajstić information content (AvgIpc) is 2.25. The zero-order valence-electron chi connectivity index (χ0n) is 10.7. The maximum atomic E-state index is 3.51. The smallest absolute Gasteiger partial charge is 0.0243 e. The monoisotopic (exact) mass is 209 g/mol. The lowest BCUT2D eigenvalue weighted by Gasteiger charge is -2.14. The summed E-state index contributed by atoms with van der Waals surface area (Å²) in [7, 11) is 0. The summed E-state index contributed by atoms with van der Waals surface area (Å²) in [6.07, 6.45) is 9.15. The van der Waals surface area contributed by atoms with E-state index in [9.17, 15) is 0 Å². The lowest BCUT2D eigenvalue weighted by atomic mass is 10.0. The molecular weight excluding hydrogens is 182 g/mol. The maximum Gasteiger partial charge on any atom is 0.0243 e. The molecule has 0 heterocycles. The van der Waals surface area contributed by atoms with Crippen molar-refractivity contribution in [1.29, 1.82) is 0 Å². The van der Waals surface area contributed by atoms with Gasteiger partial charge >= 0.3 is 0 Å². The molecule has 0 aliphatic carbocycles. The third-order valence-corrected chi connectivity index (χ3v) is 2.67. The second kappa shape index (κ2) is 11.6. The molecule has 0 saturated heterocycles. The van der Waals surface area contributed by atoms with Gasteiger partial charge in [-0.15, -0.1) is 11.8 Å². The van der Waals surface area contributed by atoms with Crippen molar-refractivity contribution in [3.63, 3.8) is 0 Å². The van der Waals surface area contributed by atoms with Crippen LogP contribution in [-0.4, -0.2) is 12.6 Å². The van der Waals surface area contributed by atoms with Crippen LogP contribution in [0.4, 0.5) is 0 Å². The highest BCUT2D eigenvalue weighted by Crippen LogP contribution is 2.08. The highest BCUT2D eigenvalue weighted by atomic mass is 14.9. The Balaban J connectivity index is 3.50. The van der Waals surface area contributed by atoms with Gasteiger partial charge in [-0.25, -0.2) is 0 Å². The summed E-state index contributed by atoms with van der Waals surface area (Å²) in [5.41, 5.74) is 0. The van der Waals surface area contributed by atoms with E-state index in [2.05, 4.69) is 31.0 Å². The van der Waals surface area contributed by atoms with Crippen LogP contribution in [0.15, 0.2) is 0 Å². The molecule has 1 N–H and O–H groups in total. The van der Waals surface area contributed by atoms with Gasteiger partial charge in [-0.05, 0) is 19.9 Å². The van der Waals surface area contributed by atoms with Gasteiger partial charge in [0.1, 0.15) is 0 Å². The van der Waals surface area contributed by atoms with Crippen LogP contribution in [0.5, 0.6) is 0 Å². The molecule has 0 rings (SSSR count). The number of rotatable bonds is 9. The Morgan fingerprint density at radius 2 is 1.80 bits per heavy atom. The molecule has 0 aliphatic heterocycles. The molecule has 1 unspecified atom stereocenters. The van der Waals surface area contributed by atoms with E-state index in [1.165, 1.54) is 38.5 Å². The Hall–Kier alpha value is -0.480. The topological polar surface area (TPSA) is 12.0 Å². The third kappa shape index (κ3) is 9.82. The minimum absolute atomic E-state index is 0.615. The number of nitrogens with one attached hydrogen (secondary N) is 1. The van der Waals surface area contributed by atoms with Crippen molar-refractivity contribution in [2.45, 2.75) is 71.8 Å². The summed E-state index contributed by atoms with van der Waals surface area (Å²) in [5, 5.41) is 3.51. The van der Waals surface area contributed by atoms with Gasteiger partial charge in [0.15, 0.2) is 0 Å². The highest BCUT2D eigenvalue weighted by Gasteiger charge is 2.04. The molecular formula is C14H27N. The van der Waals surface area contributed by atoms with E-state index in [4.69, 9.17) is 0 Å². The third-order valence-electron chi connectivity index (χ3n) is 2.67. The van der Waals surface area contributed by atoms with Crippen molar-refractivity contribution in [2.75, 3.05) is 6.54 Å². The molecule has 0 aromatic rings. The van der Waals surface area contributed by atoms with Crippen molar-refractivity contribution < 1.29 is 0 Å². The lowest BCUT2D eigenvalue weighted by Crippen LogP contribution is -2.28. The molecule has 0 saturated carbocycles. The highest BCUT2D eigenvalue weighted by molar-refractivity contribution is 4.98. The maximum absolute atomic E-state index is 3.51. The Morgan fingerprint density at radius 3 is 2.40 bits per heavy atom. The van der Waals surface area contributed by atoms with Crippen molar-refractivity contribution in [3.8, 4) is 11.8 Å². The standard InChI is InChI=1S/C14H27N/c1-4-7-9-10-11-13-14(15-6-3)12-8-5-2/h14-15H,4,6-7,9-13H2,1-3H3. The first kappa shape index (κ1) is 14.5. The minimum Gasteiger partial charge on any atom is -0.313 e.